The summed E-state index contributed by atoms with van der Waals surface area (Å²) in [5.41, 5.74) is 5.23. The van der Waals surface area contributed by atoms with E-state index in [4.69, 9.17) is 9.97 Å². The maximum absolute atomic E-state index is 4.82. The zero-order valence-electron chi connectivity index (χ0n) is 13.3. The van der Waals surface area contributed by atoms with Gasteiger partial charge in [0.2, 0.25) is 0 Å². The average Bonchev–Trinajstić information content (AvgIpc) is 2.89. The van der Waals surface area contributed by atoms with Gasteiger partial charge in [0.05, 0.1) is 0 Å². The van der Waals surface area contributed by atoms with E-state index in [9.17, 15) is 0 Å². The molecule has 0 amide bonds. The monoisotopic (exact) mass is 281 g/mol. The van der Waals surface area contributed by atoms with Gasteiger partial charge >= 0.3 is 0 Å². The lowest BCUT2D eigenvalue weighted by Gasteiger charge is -2.17. The fraction of sp³-hybridized carbons (Fsp3) is 0.444. The number of aryl methyl sites for hydroxylation is 1. The Kier molecular flexibility index (Phi) is 3.66. The highest BCUT2D eigenvalue weighted by molar-refractivity contribution is 5.48. The topological polar surface area (TPSA) is 37.8 Å². The third-order valence-electron chi connectivity index (χ3n) is 4.38. The van der Waals surface area contributed by atoms with Crippen molar-refractivity contribution in [3.63, 3.8) is 0 Å². The summed E-state index contributed by atoms with van der Waals surface area (Å²) in [7, 11) is 1.95. The van der Waals surface area contributed by atoms with Crippen LogP contribution in [0.5, 0.6) is 0 Å². The van der Waals surface area contributed by atoms with Crippen LogP contribution in [0, 0.1) is 6.92 Å². The Morgan fingerprint density at radius 1 is 1.10 bits per heavy atom. The maximum Gasteiger partial charge on any atom is 0.134 e. The number of hydrogen-bond acceptors (Lipinski definition) is 3. The highest BCUT2D eigenvalue weighted by Crippen LogP contribution is 2.34. The first-order valence-electron chi connectivity index (χ1n) is 7.73. The molecular weight excluding hydrogens is 258 g/mol. The number of anilines is 1. The molecule has 0 saturated heterocycles. The summed E-state index contributed by atoms with van der Waals surface area (Å²) in [4.78, 5) is 9.63. The Morgan fingerprint density at radius 2 is 1.71 bits per heavy atom. The number of nitrogens with zero attached hydrogens (tertiary/aromatic N) is 2. The van der Waals surface area contributed by atoms with Crippen LogP contribution in [0.4, 0.5) is 5.82 Å². The van der Waals surface area contributed by atoms with Gasteiger partial charge in [0.25, 0.3) is 0 Å². The summed E-state index contributed by atoms with van der Waals surface area (Å²) in [6.45, 7) is 6.48. The van der Waals surface area contributed by atoms with E-state index in [1.54, 1.807) is 0 Å². The molecule has 1 aliphatic rings. The number of aromatic nitrogens is 2. The van der Waals surface area contributed by atoms with Gasteiger partial charge in [-0.2, -0.15) is 0 Å². The van der Waals surface area contributed by atoms with Gasteiger partial charge in [0.15, 0.2) is 0 Å². The zero-order valence-corrected chi connectivity index (χ0v) is 13.3. The molecule has 1 aromatic heterocycles. The van der Waals surface area contributed by atoms with Crippen LogP contribution in [0.2, 0.25) is 0 Å². The minimum absolute atomic E-state index is 0.411. The molecule has 21 heavy (non-hydrogen) atoms. The van der Waals surface area contributed by atoms with Crippen LogP contribution < -0.4 is 5.32 Å². The Labute approximate surface area is 126 Å². The second-order valence-corrected chi connectivity index (χ2v) is 6.21. The molecule has 1 heterocycles. The second kappa shape index (κ2) is 5.47. The molecule has 1 N–H and O–H groups in total. The Morgan fingerprint density at radius 3 is 2.24 bits per heavy atom. The van der Waals surface area contributed by atoms with Crippen molar-refractivity contribution in [3.05, 3.63) is 52.5 Å². The van der Waals surface area contributed by atoms with Gasteiger partial charge in [-0.15, -0.1) is 0 Å². The molecule has 3 heteroatoms. The van der Waals surface area contributed by atoms with Crippen LogP contribution in [0.1, 0.15) is 53.9 Å². The normalized spacial score (nSPS) is 14.5. The number of benzene rings is 1. The fourth-order valence-electron chi connectivity index (χ4n) is 3.41. The van der Waals surface area contributed by atoms with E-state index in [1.165, 1.54) is 16.7 Å². The summed E-state index contributed by atoms with van der Waals surface area (Å²) in [6.07, 6.45) is 2.11. The number of nitrogens with one attached hydrogen (secondary N) is 1. The molecule has 110 valence electrons. The van der Waals surface area contributed by atoms with Crippen LogP contribution in [0.25, 0.3) is 0 Å². The lowest BCUT2D eigenvalue weighted by Crippen LogP contribution is -2.12. The van der Waals surface area contributed by atoms with Crippen molar-refractivity contribution in [3.8, 4) is 0 Å². The molecule has 0 saturated carbocycles. The van der Waals surface area contributed by atoms with Crippen molar-refractivity contribution in [2.45, 2.75) is 45.4 Å². The zero-order chi connectivity index (χ0) is 15.0. The standard InChI is InChI=1S/C18H23N3/c1-11(2)16-12(3)20-17(21-18(16)19-4)15-9-13-7-5-6-8-14(13)10-15/h5-8,11,15H,9-10H2,1-4H3,(H,19,20,21). The number of rotatable bonds is 3. The third-order valence-corrected chi connectivity index (χ3v) is 4.38. The fourth-order valence-corrected chi connectivity index (χ4v) is 3.41. The highest BCUT2D eigenvalue weighted by Gasteiger charge is 2.26. The van der Waals surface area contributed by atoms with E-state index in [2.05, 4.69) is 50.4 Å². The molecule has 0 radical (unpaired) electrons. The lowest BCUT2D eigenvalue weighted by molar-refractivity contribution is 0.671. The summed E-state index contributed by atoms with van der Waals surface area (Å²) >= 11 is 0. The summed E-state index contributed by atoms with van der Waals surface area (Å²) < 4.78 is 0. The van der Waals surface area contributed by atoms with E-state index >= 15 is 0 Å². The molecule has 0 fully saturated rings. The summed E-state index contributed by atoms with van der Waals surface area (Å²) in [5.74, 6) is 2.82. The Hall–Kier alpha value is -1.90. The molecule has 0 bridgehead atoms. The van der Waals surface area contributed by atoms with Crippen LogP contribution in [0.15, 0.2) is 24.3 Å². The van der Waals surface area contributed by atoms with Gasteiger partial charge in [-0.3, -0.25) is 0 Å². The van der Waals surface area contributed by atoms with Crippen LogP contribution in [0.3, 0.4) is 0 Å². The third kappa shape index (κ3) is 2.53. The molecular formula is C18H23N3. The van der Waals surface area contributed by atoms with Crippen molar-refractivity contribution in [2.75, 3.05) is 12.4 Å². The first kappa shape index (κ1) is 14.1. The van der Waals surface area contributed by atoms with Gasteiger partial charge in [0.1, 0.15) is 11.6 Å². The highest BCUT2D eigenvalue weighted by atomic mass is 15.0. The molecule has 1 aromatic carbocycles. The van der Waals surface area contributed by atoms with Gasteiger partial charge < -0.3 is 5.32 Å². The molecule has 0 aliphatic heterocycles. The molecule has 0 atom stereocenters. The smallest absolute Gasteiger partial charge is 0.134 e. The minimum atomic E-state index is 0.411. The van der Waals surface area contributed by atoms with Gasteiger partial charge in [-0.1, -0.05) is 38.1 Å². The largest absolute Gasteiger partial charge is 0.373 e. The van der Waals surface area contributed by atoms with E-state index < -0.39 is 0 Å². The van der Waals surface area contributed by atoms with Crippen molar-refractivity contribution < 1.29 is 0 Å². The van der Waals surface area contributed by atoms with Crippen molar-refractivity contribution in [1.82, 2.24) is 9.97 Å². The van der Waals surface area contributed by atoms with E-state index in [0.717, 1.165) is 30.2 Å². The van der Waals surface area contributed by atoms with Crippen molar-refractivity contribution >= 4 is 5.82 Å². The Balaban J connectivity index is 1.96. The van der Waals surface area contributed by atoms with Crippen LogP contribution in [-0.4, -0.2) is 17.0 Å². The molecule has 0 spiro atoms. The second-order valence-electron chi connectivity index (χ2n) is 6.21. The predicted octanol–water partition coefficient (Wildman–Crippen LogP) is 3.83. The summed E-state index contributed by atoms with van der Waals surface area (Å²) in [6, 6.07) is 8.69. The van der Waals surface area contributed by atoms with Gasteiger partial charge in [-0.25, -0.2) is 9.97 Å². The van der Waals surface area contributed by atoms with Crippen molar-refractivity contribution in [1.29, 1.82) is 0 Å². The molecule has 3 nitrogen and oxygen atoms in total. The molecule has 0 unspecified atom stereocenters. The predicted molar refractivity (Wildman–Crippen MR) is 87.0 cm³/mol. The first-order valence-corrected chi connectivity index (χ1v) is 7.73. The van der Waals surface area contributed by atoms with Crippen LogP contribution in [-0.2, 0) is 12.8 Å². The average molecular weight is 281 g/mol. The van der Waals surface area contributed by atoms with Gasteiger partial charge in [-0.05, 0) is 36.8 Å². The lowest BCUT2D eigenvalue weighted by atomic mass is 10.0. The van der Waals surface area contributed by atoms with E-state index in [0.29, 0.717) is 11.8 Å². The molecule has 3 rings (SSSR count). The minimum Gasteiger partial charge on any atom is -0.373 e. The van der Waals surface area contributed by atoms with Crippen LogP contribution >= 0.6 is 0 Å². The quantitative estimate of drug-likeness (QED) is 0.929. The maximum atomic E-state index is 4.82. The SMILES string of the molecule is CNc1nc(C2Cc3ccccc3C2)nc(C)c1C(C)C. The van der Waals surface area contributed by atoms with E-state index in [1.807, 2.05) is 7.05 Å². The van der Waals surface area contributed by atoms with Crippen molar-refractivity contribution in [2.24, 2.45) is 0 Å². The first-order chi connectivity index (χ1) is 10.1. The number of fused-ring (bicyclic) bond motifs is 1. The van der Waals surface area contributed by atoms with E-state index in [-0.39, 0.29) is 0 Å². The summed E-state index contributed by atoms with van der Waals surface area (Å²) in [5, 5.41) is 3.25. The Bertz CT molecular complexity index is 637. The molecule has 1 aliphatic carbocycles. The molecule has 2 aromatic rings. The number of hydrogen-bond donors (Lipinski definition) is 1. The van der Waals surface area contributed by atoms with Gasteiger partial charge in [0, 0.05) is 24.2 Å².